The number of ether oxygens (including phenoxy) is 1. The Morgan fingerprint density at radius 2 is 1.87 bits per heavy atom. The lowest BCUT2D eigenvalue weighted by molar-refractivity contribution is -0.645. The van der Waals surface area contributed by atoms with Gasteiger partial charge in [0.1, 0.15) is 5.75 Å². The Hall–Kier alpha value is -2.54. The summed E-state index contributed by atoms with van der Waals surface area (Å²) in [4.78, 5) is 25.1. The fourth-order valence-electron chi connectivity index (χ4n) is 1.73. The fourth-order valence-corrected chi connectivity index (χ4v) is 2.45. The van der Waals surface area contributed by atoms with Crippen molar-refractivity contribution in [1.29, 1.82) is 0 Å². The van der Waals surface area contributed by atoms with Crippen LogP contribution in [0.25, 0.3) is 0 Å². The molecular formula is C16H16N2O4S. The molecule has 0 aliphatic heterocycles. The number of benzene rings is 1. The van der Waals surface area contributed by atoms with Crippen LogP contribution in [-0.4, -0.2) is 31.3 Å². The molecule has 1 aromatic heterocycles. The molecule has 0 unspecified atom stereocenters. The number of nitrogens with zero attached hydrogens (tertiary/aromatic N) is 2. The van der Waals surface area contributed by atoms with Gasteiger partial charge in [0.05, 0.1) is 0 Å². The topological polar surface area (TPSA) is 73.5 Å². The van der Waals surface area contributed by atoms with Crippen LogP contribution >= 0.6 is 11.8 Å². The molecule has 7 heteroatoms. The van der Waals surface area contributed by atoms with E-state index in [0.717, 1.165) is 17.4 Å². The number of anilines is 1. The predicted octanol–water partition coefficient (Wildman–Crippen LogP) is 1.62. The first-order valence-electron chi connectivity index (χ1n) is 6.86. The van der Waals surface area contributed by atoms with Crippen LogP contribution in [0.5, 0.6) is 0 Å². The van der Waals surface area contributed by atoms with Crippen LogP contribution in [0.1, 0.15) is 0 Å². The zero-order valence-electron chi connectivity index (χ0n) is 12.5. The van der Waals surface area contributed by atoms with Crippen molar-refractivity contribution in [2.75, 3.05) is 24.3 Å². The van der Waals surface area contributed by atoms with Crippen LogP contribution < -0.4 is 9.63 Å². The maximum atomic E-state index is 12.0. The van der Waals surface area contributed by atoms with Crippen LogP contribution in [0.4, 0.5) is 5.69 Å². The quantitative estimate of drug-likeness (QED) is 0.348. The van der Waals surface area contributed by atoms with E-state index in [2.05, 4.69) is 0 Å². The number of esters is 1. The first-order chi connectivity index (χ1) is 11.1. The summed E-state index contributed by atoms with van der Waals surface area (Å²) in [6, 6.07) is 14.0. The van der Waals surface area contributed by atoms with Gasteiger partial charge >= 0.3 is 5.97 Å². The number of carbonyl (C=O) groups is 2. The molecular weight excluding hydrogens is 316 g/mol. The smallest absolute Gasteiger partial charge is 0.317 e. The van der Waals surface area contributed by atoms with Crippen LogP contribution in [0.15, 0.2) is 59.8 Å². The number of likely N-dealkylation sites (N-methyl/N-ethyl adjacent to an activating group) is 1. The van der Waals surface area contributed by atoms with E-state index in [1.807, 2.05) is 18.2 Å². The molecule has 23 heavy (non-hydrogen) atoms. The third-order valence-electron chi connectivity index (χ3n) is 3.00. The molecule has 0 aliphatic carbocycles. The number of rotatable bonds is 6. The van der Waals surface area contributed by atoms with Gasteiger partial charge in [0, 0.05) is 24.9 Å². The number of amides is 1. The van der Waals surface area contributed by atoms with Gasteiger partial charge in [-0.15, -0.1) is 0 Å². The monoisotopic (exact) mass is 332 g/mol. The summed E-state index contributed by atoms with van der Waals surface area (Å²) in [5.74, 6) is -0.906. The van der Waals surface area contributed by atoms with Crippen LogP contribution in [0, 0.1) is 5.21 Å². The first-order valence-corrected chi connectivity index (χ1v) is 7.84. The largest absolute Gasteiger partial charge is 0.618 e. The molecule has 0 bridgehead atoms. The van der Waals surface area contributed by atoms with Gasteiger partial charge in [0.2, 0.25) is 0 Å². The van der Waals surface area contributed by atoms with Crippen LogP contribution in [-0.2, 0) is 14.3 Å². The minimum atomic E-state index is -0.548. The van der Waals surface area contributed by atoms with Crippen LogP contribution in [0.2, 0.25) is 0 Å². The molecule has 2 rings (SSSR count). The summed E-state index contributed by atoms with van der Waals surface area (Å²) in [5.41, 5.74) is 0.722. The minimum Gasteiger partial charge on any atom is -0.618 e. The Morgan fingerprint density at radius 1 is 1.17 bits per heavy atom. The number of thioether (sulfide) groups is 1. The normalized spacial score (nSPS) is 10.1. The van der Waals surface area contributed by atoms with Crippen LogP contribution in [0.3, 0.4) is 0 Å². The molecule has 0 radical (unpaired) electrons. The zero-order valence-corrected chi connectivity index (χ0v) is 13.4. The van der Waals surface area contributed by atoms with E-state index in [4.69, 9.17) is 4.74 Å². The molecule has 0 saturated carbocycles. The Morgan fingerprint density at radius 3 is 2.57 bits per heavy atom. The van der Waals surface area contributed by atoms with E-state index in [1.54, 1.807) is 37.4 Å². The number of hydrogen-bond acceptors (Lipinski definition) is 5. The van der Waals surface area contributed by atoms with Crippen molar-refractivity contribution in [2.24, 2.45) is 0 Å². The highest BCUT2D eigenvalue weighted by Gasteiger charge is 2.15. The van der Waals surface area contributed by atoms with Crippen molar-refractivity contribution >= 4 is 29.3 Å². The third kappa shape index (κ3) is 5.00. The number of aromatic nitrogens is 1. The molecule has 0 saturated heterocycles. The number of carbonyl (C=O) groups excluding carboxylic acids is 2. The van der Waals surface area contributed by atoms with Gasteiger partial charge in [-0.25, -0.2) is 0 Å². The number of hydrogen-bond donors (Lipinski definition) is 0. The lowest BCUT2D eigenvalue weighted by Gasteiger charge is -2.16. The van der Waals surface area contributed by atoms with E-state index < -0.39 is 5.97 Å². The first kappa shape index (κ1) is 16.8. The van der Waals surface area contributed by atoms with Gasteiger partial charge in [-0.05, 0) is 30.0 Å². The second-order valence-electron chi connectivity index (χ2n) is 4.60. The SMILES string of the molecule is CN(C(=O)COC(=O)CSc1cccc[n+]1[O-])c1ccccc1. The summed E-state index contributed by atoms with van der Waals surface area (Å²) in [5, 5.41) is 11.8. The van der Waals surface area contributed by atoms with Crippen molar-refractivity contribution in [1.82, 2.24) is 0 Å². The minimum absolute atomic E-state index is 0.0332. The van der Waals surface area contributed by atoms with E-state index >= 15 is 0 Å². The molecule has 6 nitrogen and oxygen atoms in total. The summed E-state index contributed by atoms with van der Waals surface area (Å²) in [6.07, 6.45) is 1.35. The van der Waals surface area contributed by atoms with E-state index in [0.29, 0.717) is 9.76 Å². The fraction of sp³-hybridized carbons (Fsp3) is 0.188. The summed E-state index contributed by atoms with van der Waals surface area (Å²) in [7, 11) is 1.62. The number of pyridine rings is 1. The maximum absolute atomic E-state index is 12.0. The van der Waals surface area contributed by atoms with Crippen molar-refractivity contribution < 1.29 is 19.1 Å². The van der Waals surface area contributed by atoms with Gasteiger partial charge in [0.15, 0.2) is 12.8 Å². The molecule has 0 atom stereocenters. The second-order valence-corrected chi connectivity index (χ2v) is 5.60. The maximum Gasteiger partial charge on any atom is 0.317 e. The lowest BCUT2D eigenvalue weighted by Crippen LogP contribution is -2.31. The molecule has 2 aromatic rings. The van der Waals surface area contributed by atoms with E-state index in [1.165, 1.54) is 11.1 Å². The van der Waals surface area contributed by atoms with Gasteiger partial charge in [-0.3, -0.25) is 9.59 Å². The summed E-state index contributed by atoms with van der Waals surface area (Å²) < 4.78 is 5.62. The highest BCUT2D eigenvalue weighted by atomic mass is 32.2. The molecule has 0 fully saturated rings. The summed E-state index contributed by atoms with van der Waals surface area (Å²) >= 11 is 1.06. The molecule has 1 amide bonds. The van der Waals surface area contributed by atoms with Gasteiger partial charge in [-0.1, -0.05) is 18.2 Å². The number of para-hydroxylation sites is 1. The summed E-state index contributed by atoms with van der Waals surface area (Å²) in [6.45, 7) is -0.336. The lowest BCUT2D eigenvalue weighted by atomic mass is 10.3. The molecule has 120 valence electrons. The Kier molecular flexibility index (Phi) is 5.99. The van der Waals surface area contributed by atoms with Crippen molar-refractivity contribution in [3.63, 3.8) is 0 Å². The van der Waals surface area contributed by atoms with Crippen molar-refractivity contribution in [2.45, 2.75) is 5.03 Å². The zero-order chi connectivity index (χ0) is 16.7. The highest BCUT2D eigenvalue weighted by molar-refractivity contribution is 7.99. The second kappa shape index (κ2) is 8.19. The van der Waals surface area contributed by atoms with Crippen molar-refractivity contribution in [3.05, 3.63) is 59.9 Å². The predicted molar refractivity (Wildman–Crippen MR) is 86.9 cm³/mol. The van der Waals surface area contributed by atoms with Crippen molar-refractivity contribution in [3.8, 4) is 0 Å². The Balaban J connectivity index is 1.78. The van der Waals surface area contributed by atoms with E-state index in [9.17, 15) is 14.8 Å². The average Bonchev–Trinajstić information content (AvgIpc) is 2.59. The molecule has 0 aliphatic rings. The molecule has 1 heterocycles. The molecule has 0 spiro atoms. The van der Waals surface area contributed by atoms with E-state index in [-0.39, 0.29) is 18.3 Å². The van der Waals surface area contributed by atoms with Gasteiger partial charge in [-0.2, -0.15) is 4.73 Å². The Labute approximate surface area is 138 Å². The molecule has 0 N–H and O–H groups in total. The highest BCUT2D eigenvalue weighted by Crippen LogP contribution is 2.13. The standard InChI is InChI=1S/C16H16N2O4S/c1-17(13-7-3-2-4-8-13)14(19)11-22-16(20)12-23-15-9-5-6-10-18(15)21/h2-10H,11-12H2,1H3. The van der Waals surface area contributed by atoms with Gasteiger partial charge in [0.25, 0.3) is 10.9 Å². The molecule has 1 aromatic carbocycles. The Bertz CT molecular complexity index is 679. The van der Waals surface area contributed by atoms with Gasteiger partial charge < -0.3 is 14.8 Å². The average molecular weight is 332 g/mol. The third-order valence-corrected chi connectivity index (χ3v) is 3.99.